The van der Waals surface area contributed by atoms with E-state index >= 15 is 0 Å². The molecule has 3 heteroatoms. The second kappa shape index (κ2) is 5.26. The lowest BCUT2D eigenvalue weighted by molar-refractivity contribution is 0.214. The molecular weight excluding hydrogens is 260 g/mol. The fourth-order valence-corrected chi connectivity index (χ4v) is 2.54. The molecule has 0 saturated heterocycles. The van der Waals surface area contributed by atoms with Crippen LogP contribution in [0, 0.1) is 20.8 Å². The first-order valence-electron chi connectivity index (χ1n) is 7.04. The zero-order chi connectivity index (χ0) is 15.0. The summed E-state index contributed by atoms with van der Waals surface area (Å²) in [6.07, 6.45) is 0.906. The lowest BCUT2D eigenvalue weighted by atomic mass is 9.96. The Labute approximate surface area is 124 Å². The second-order valence-corrected chi connectivity index (χ2v) is 5.48. The average molecular weight is 278 g/mol. The highest BCUT2D eigenvalue weighted by Gasteiger charge is 2.16. The predicted octanol–water partition coefficient (Wildman–Crippen LogP) is 3.64. The van der Waals surface area contributed by atoms with Crippen molar-refractivity contribution in [3.8, 4) is 0 Å². The number of benzene rings is 2. The van der Waals surface area contributed by atoms with E-state index in [1.165, 1.54) is 11.1 Å². The number of nitrogens with zero attached hydrogens (tertiary/aromatic N) is 2. The van der Waals surface area contributed by atoms with Crippen molar-refractivity contribution in [1.82, 2.24) is 9.97 Å². The zero-order valence-corrected chi connectivity index (χ0v) is 12.5. The number of aliphatic hydroxyl groups is 1. The Morgan fingerprint density at radius 1 is 0.905 bits per heavy atom. The minimum Gasteiger partial charge on any atom is -0.382 e. The van der Waals surface area contributed by atoms with Crippen LogP contribution in [0.2, 0.25) is 0 Å². The highest BCUT2D eigenvalue weighted by molar-refractivity contribution is 5.73. The topological polar surface area (TPSA) is 46.0 Å². The first-order chi connectivity index (χ1) is 10.1. The van der Waals surface area contributed by atoms with Gasteiger partial charge < -0.3 is 5.11 Å². The Bertz CT molecular complexity index is 811. The number of aromatic nitrogens is 2. The van der Waals surface area contributed by atoms with Gasteiger partial charge in [0.1, 0.15) is 6.10 Å². The summed E-state index contributed by atoms with van der Waals surface area (Å²) >= 11 is 0. The molecule has 0 aliphatic carbocycles. The molecule has 3 aromatic rings. The maximum absolute atomic E-state index is 10.6. The smallest absolute Gasteiger partial charge is 0.123 e. The molecule has 3 nitrogen and oxygen atoms in total. The van der Waals surface area contributed by atoms with Gasteiger partial charge in [-0.1, -0.05) is 24.3 Å². The normalized spacial score (nSPS) is 12.6. The van der Waals surface area contributed by atoms with Gasteiger partial charge in [-0.3, -0.25) is 4.98 Å². The van der Waals surface area contributed by atoms with E-state index in [9.17, 15) is 5.11 Å². The summed E-state index contributed by atoms with van der Waals surface area (Å²) < 4.78 is 0. The molecule has 0 radical (unpaired) electrons. The fourth-order valence-electron chi connectivity index (χ4n) is 2.54. The Kier molecular flexibility index (Phi) is 3.43. The molecule has 1 atom stereocenters. The van der Waals surface area contributed by atoms with Crippen LogP contribution in [0.5, 0.6) is 0 Å². The summed E-state index contributed by atoms with van der Waals surface area (Å²) in [5.41, 5.74) is 6.58. The van der Waals surface area contributed by atoms with Crippen molar-refractivity contribution in [2.75, 3.05) is 0 Å². The van der Waals surface area contributed by atoms with Gasteiger partial charge in [-0.05, 0) is 55.2 Å². The summed E-state index contributed by atoms with van der Waals surface area (Å²) in [5.74, 6) is 0. The third-order valence-corrected chi connectivity index (χ3v) is 3.92. The molecule has 0 saturated carbocycles. The maximum atomic E-state index is 10.6. The molecule has 3 rings (SSSR count). The van der Waals surface area contributed by atoms with Crippen LogP contribution in [0.25, 0.3) is 11.0 Å². The number of fused-ring (bicyclic) bond motifs is 1. The van der Waals surface area contributed by atoms with E-state index in [2.05, 4.69) is 29.9 Å². The highest BCUT2D eigenvalue weighted by atomic mass is 16.3. The average Bonchev–Trinajstić information content (AvgIpc) is 2.50. The molecule has 106 valence electrons. The van der Waals surface area contributed by atoms with E-state index in [-0.39, 0.29) is 0 Å². The summed E-state index contributed by atoms with van der Waals surface area (Å²) in [5, 5.41) is 10.6. The number of para-hydroxylation sites is 2. The number of aryl methyl sites for hydroxylation is 3. The van der Waals surface area contributed by atoms with Gasteiger partial charge in [-0.2, -0.15) is 0 Å². The van der Waals surface area contributed by atoms with E-state index in [0.29, 0.717) is 5.69 Å². The molecule has 1 aromatic heterocycles. The molecule has 0 aliphatic rings. The fraction of sp³-hybridized carbons (Fsp3) is 0.222. The molecule has 0 spiro atoms. The van der Waals surface area contributed by atoms with Crippen LogP contribution in [0.3, 0.4) is 0 Å². The first-order valence-corrected chi connectivity index (χ1v) is 7.04. The van der Waals surface area contributed by atoms with Gasteiger partial charge >= 0.3 is 0 Å². The predicted molar refractivity (Wildman–Crippen MR) is 84.3 cm³/mol. The van der Waals surface area contributed by atoms with E-state index in [4.69, 9.17) is 0 Å². The molecule has 1 N–H and O–H groups in total. The molecule has 0 amide bonds. The van der Waals surface area contributed by atoms with Gasteiger partial charge in [-0.15, -0.1) is 0 Å². The molecule has 21 heavy (non-hydrogen) atoms. The minimum absolute atomic E-state index is 0.583. The quantitative estimate of drug-likeness (QED) is 0.778. The van der Waals surface area contributed by atoms with Crippen LogP contribution >= 0.6 is 0 Å². The van der Waals surface area contributed by atoms with Gasteiger partial charge in [0, 0.05) is 0 Å². The Balaban J connectivity index is 2.07. The molecule has 1 heterocycles. The molecular formula is C18H18N2O. The maximum Gasteiger partial charge on any atom is 0.123 e. The van der Waals surface area contributed by atoms with Crippen molar-refractivity contribution >= 4 is 11.0 Å². The third kappa shape index (κ3) is 2.52. The summed E-state index contributed by atoms with van der Waals surface area (Å²) in [7, 11) is 0. The Hall–Kier alpha value is -2.26. The third-order valence-electron chi connectivity index (χ3n) is 3.92. The van der Waals surface area contributed by atoms with Crippen LogP contribution in [-0.2, 0) is 0 Å². The highest BCUT2D eigenvalue weighted by Crippen LogP contribution is 2.26. The van der Waals surface area contributed by atoms with E-state index in [1.54, 1.807) is 6.20 Å². The van der Waals surface area contributed by atoms with Crippen LogP contribution in [0.15, 0.2) is 42.6 Å². The monoisotopic (exact) mass is 278 g/mol. The number of hydrogen-bond donors (Lipinski definition) is 1. The number of hydrogen-bond acceptors (Lipinski definition) is 3. The lowest BCUT2D eigenvalue weighted by Crippen LogP contribution is -2.06. The molecule has 0 aliphatic heterocycles. The first kappa shape index (κ1) is 13.7. The van der Waals surface area contributed by atoms with Crippen LogP contribution in [0.4, 0.5) is 0 Å². The van der Waals surface area contributed by atoms with Crippen molar-refractivity contribution < 1.29 is 5.11 Å². The number of aliphatic hydroxyl groups excluding tert-OH is 1. The van der Waals surface area contributed by atoms with Crippen molar-refractivity contribution in [3.05, 3.63) is 70.5 Å². The van der Waals surface area contributed by atoms with Gasteiger partial charge in [0.15, 0.2) is 0 Å². The summed E-state index contributed by atoms with van der Waals surface area (Å²) in [6, 6.07) is 11.8. The van der Waals surface area contributed by atoms with Crippen LogP contribution in [0.1, 0.15) is 34.1 Å². The lowest BCUT2D eigenvalue weighted by Gasteiger charge is -2.15. The van der Waals surface area contributed by atoms with E-state index in [0.717, 1.165) is 22.2 Å². The molecule has 0 bridgehead atoms. The number of rotatable bonds is 2. The summed E-state index contributed by atoms with van der Waals surface area (Å²) in [6.45, 7) is 6.14. The molecule has 1 unspecified atom stereocenters. The van der Waals surface area contributed by atoms with Crippen LogP contribution in [-0.4, -0.2) is 15.1 Å². The van der Waals surface area contributed by atoms with Gasteiger partial charge in [-0.25, -0.2) is 4.98 Å². The van der Waals surface area contributed by atoms with Crippen molar-refractivity contribution in [1.29, 1.82) is 0 Å². The zero-order valence-electron chi connectivity index (χ0n) is 12.5. The van der Waals surface area contributed by atoms with Gasteiger partial charge in [0.05, 0.1) is 22.9 Å². The van der Waals surface area contributed by atoms with Crippen molar-refractivity contribution in [2.45, 2.75) is 26.9 Å². The molecule has 0 fully saturated rings. The SMILES string of the molecule is Cc1cc(C)c(C(O)c2cnc3ccccc3n2)cc1C. The van der Waals surface area contributed by atoms with Gasteiger partial charge in [0.25, 0.3) is 0 Å². The van der Waals surface area contributed by atoms with Crippen LogP contribution < -0.4 is 0 Å². The van der Waals surface area contributed by atoms with Gasteiger partial charge in [0.2, 0.25) is 0 Å². The molecule has 2 aromatic carbocycles. The standard InChI is InChI=1S/C18H18N2O/c1-11-8-13(3)14(9-12(11)2)18(21)17-10-19-15-6-4-5-7-16(15)20-17/h4-10,18,21H,1-3H3. The van der Waals surface area contributed by atoms with E-state index < -0.39 is 6.10 Å². The minimum atomic E-state index is -0.749. The summed E-state index contributed by atoms with van der Waals surface area (Å²) in [4.78, 5) is 8.91. The largest absolute Gasteiger partial charge is 0.382 e. The van der Waals surface area contributed by atoms with E-state index in [1.807, 2.05) is 37.3 Å². The van der Waals surface area contributed by atoms with Crippen molar-refractivity contribution in [2.24, 2.45) is 0 Å². The Morgan fingerprint density at radius 3 is 2.33 bits per heavy atom. The Morgan fingerprint density at radius 2 is 1.57 bits per heavy atom. The van der Waals surface area contributed by atoms with Crippen molar-refractivity contribution in [3.63, 3.8) is 0 Å². The second-order valence-electron chi connectivity index (χ2n) is 5.48.